The van der Waals surface area contributed by atoms with Crippen molar-refractivity contribution in [1.29, 1.82) is 0 Å². The minimum Gasteiger partial charge on any atom is -0.311 e. The number of ketones is 1. The Morgan fingerprint density at radius 2 is 1.47 bits per heavy atom. The lowest BCUT2D eigenvalue weighted by Crippen LogP contribution is -2.16. The van der Waals surface area contributed by atoms with Gasteiger partial charge in [-0.25, -0.2) is 0 Å². The Balaban J connectivity index is 1.94. The summed E-state index contributed by atoms with van der Waals surface area (Å²) < 4.78 is 5.18. The molecule has 2 aromatic carbocycles. The molecule has 0 aliphatic heterocycles. The molecule has 4 nitrogen and oxygen atoms in total. The lowest BCUT2D eigenvalue weighted by Gasteiger charge is -2.10. The van der Waals surface area contributed by atoms with Gasteiger partial charge in [0.2, 0.25) is 5.78 Å². The van der Waals surface area contributed by atoms with E-state index in [0.29, 0.717) is 22.5 Å². The van der Waals surface area contributed by atoms with Crippen molar-refractivity contribution in [2.75, 3.05) is 0 Å². The number of nitrogens with zero attached hydrogens (tertiary/aromatic N) is 2. The second-order valence-corrected chi connectivity index (χ2v) is 9.12. The van der Waals surface area contributed by atoms with E-state index in [1.807, 2.05) is 77.3 Å². The van der Waals surface area contributed by atoms with Crippen LogP contribution in [0.4, 0.5) is 0 Å². The smallest absolute Gasteiger partial charge is 0.255 e. The van der Waals surface area contributed by atoms with Gasteiger partial charge in [0.25, 0.3) is 5.56 Å². The quantitative estimate of drug-likeness (QED) is 0.241. The van der Waals surface area contributed by atoms with Gasteiger partial charge in [-0.15, -0.1) is 0 Å². The Labute approximate surface area is 201 Å². The zero-order valence-corrected chi connectivity index (χ0v) is 19.9. The highest BCUT2D eigenvalue weighted by Crippen LogP contribution is 2.38. The fourth-order valence-corrected chi connectivity index (χ4v) is 4.75. The van der Waals surface area contributed by atoms with E-state index in [2.05, 4.69) is 31.9 Å². The Hall–Kier alpha value is -3.22. The van der Waals surface area contributed by atoms with E-state index in [0.717, 1.165) is 20.0 Å². The van der Waals surface area contributed by atoms with Crippen molar-refractivity contribution < 1.29 is 4.79 Å². The second kappa shape index (κ2) is 8.37. The molecule has 0 aliphatic rings. The zero-order chi connectivity index (χ0) is 22.2. The summed E-state index contributed by atoms with van der Waals surface area (Å²) in [4.78, 5) is 26.7. The van der Waals surface area contributed by atoms with Crippen molar-refractivity contribution in [1.82, 2.24) is 8.97 Å². The standard InChI is InChI=1S/C26H16Br2N2O2/c27-19-9-5-7-17(15-19)23-24(30-14-4-2-12-22(30)31)21-11-1-3-13-29(21)25(23)26(32)18-8-6-10-20(28)16-18/h1-16H. The molecule has 0 unspecified atom stereocenters. The van der Waals surface area contributed by atoms with Crippen molar-refractivity contribution in [3.63, 3.8) is 0 Å². The maximum atomic E-state index is 13.9. The summed E-state index contributed by atoms with van der Waals surface area (Å²) in [5, 5.41) is 0. The van der Waals surface area contributed by atoms with Crippen LogP contribution in [0, 0.1) is 0 Å². The lowest BCUT2D eigenvalue weighted by atomic mass is 9.99. The van der Waals surface area contributed by atoms with Crippen molar-refractivity contribution in [2.24, 2.45) is 0 Å². The van der Waals surface area contributed by atoms with Crippen LogP contribution in [0.25, 0.3) is 22.3 Å². The lowest BCUT2D eigenvalue weighted by molar-refractivity contribution is 0.103. The van der Waals surface area contributed by atoms with Gasteiger partial charge in [-0.05, 0) is 48.0 Å². The van der Waals surface area contributed by atoms with E-state index in [4.69, 9.17) is 0 Å². The number of pyridine rings is 2. The van der Waals surface area contributed by atoms with Gasteiger partial charge < -0.3 is 4.40 Å². The fraction of sp³-hybridized carbons (Fsp3) is 0. The first-order valence-electron chi connectivity index (χ1n) is 9.92. The molecule has 32 heavy (non-hydrogen) atoms. The normalized spacial score (nSPS) is 11.1. The molecule has 0 saturated carbocycles. The first kappa shape index (κ1) is 20.7. The molecule has 156 valence electrons. The molecule has 6 heteroatoms. The van der Waals surface area contributed by atoms with Crippen LogP contribution in [0.15, 0.2) is 111 Å². The third kappa shape index (κ3) is 3.55. The van der Waals surface area contributed by atoms with Gasteiger partial charge >= 0.3 is 0 Å². The SMILES string of the molecule is O=C(c1cccc(Br)c1)c1c(-c2cccc(Br)c2)c(-n2ccccc2=O)c2ccccn12. The predicted octanol–water partition coefficient (Wildman–Crippen LogP) is 6.51. The van der Waals surface area contributed by atoms with Gasteiger partial charge in [0.05, 0.1) is 11.2 Å². The van der Waals surface area contributed by atoms with E-state index in [1.165, 1.54) is 6.07 Å². The summed E-state index contributed by atoms with van der Waals surface area (Å²) in [5.41, 5.74) is 3.89. The molecular weight excluding hydrogens is 532 g/mol. The van der Waals surface area contributed by atoms with Gasteiger partial charge in [-0.3, -0.25) is 14.2 Å². The number of fused-ring (bicyclic) bond motifs is 1. The van der Waals surface area contributed by atoms with Crippen molar-refractivity contribution >= 4 is 43.2 Å². The van der Waals surface area contributed by atoms with Crippen LogP contribution in [0.2, 0.25) is 0 Å². The Morgan fingerprint density at radius 1 is 0.750 bits per heavy atom. The van der Waals surface area contributed by atoms with Crippen molar-refractivity contribution in [2.45, 2.75) is 0 Å². The molecule has 5 aromatic rings. The molecule has 0 aliphatic carbocycles. The Morgan fingerprint density at radius 3 is 2.22 bits per heavy atom. The van der Waals surface area contributed by atoms with Crippen LogP contribution in [0.3, 0.4) is 0 Å². The van der Waals surface area contributed by atoms with E-state index in [9.17, 15) is 9.59 Å². The van der Waals surface area contributed by atoms with E-state index < -0.39 is 0 Å². The summed E-state index contributed by atoms with van der Waals surface area (Å²) in [6, 6.07) is 25.9. The average Bonchev–Trinajstić information content (AvgIpc) is 3.14. The van der Waals surface area contributed by atoms with E-state index in [1.54, 1.807) is 22.9 Å². The van der Waals surface area contributed by atoms with Crippen LogP contribution >= 0.6 is 31.9 Å². The highest BCUT2D eigenvalue weighted by atomic mass is 79.9. The number of carbonyl (C=O) groups is 1. The largest absolute Gasteiger partial charge is 0.311 e. The maximum absolute atomic E-state index is 13.9. The highest BCUT2D eigenvalue weighted by molar-refractivity contribution is 9.10. The van der Waals surface area contributed by atoms with Crippen LogP contribution < -0.4 is 5.56 Å². The number of benzene rings is 2. The van der Waals surface area contributed by atoms with Crippen molar-refractivity contribution in [3.8, 4) is 16.8 Å². The fourth-order valence-electron chi connectivity index (χ4n) is 3.95. The molecule has 0 fully saturated rings. The van der Waals surface area contributed by atoms with E-state index in [-0.39, 0.29) is 11.3 Å². The number of hydrogen-bond acceptors (Lipinski definition) is 2. The number of aromatic nitrogens is 2. The molecule has 0 bridgehead atoms. The molecule has 3 heterocycles. The van der Waals surface area contributed by atoms with Crippen LogP contribution in [0.5, 0.6) is 0 Å². The van der Waals surface area contributed by atoms with Gasteiger partial charge in [-0.2, -0.15) is 0 Å². The monoisotopic (exact) mass is 546 g/mol. The zero-order valence-electron chi connectivity index (χ0n) is 16.7. The first-order valence-corrected chi connectivity index (χ1v) is 11.5. The summed E-state index contributed by atoms with van der Waals surface area (Å²) in [5.74, 6) is -0.127. The average molecular weight is 548 g/mol. The molecule has 0 N–H and O–H groups in total. The van der Waals surface area contributed by atoms with Gasteiger partial charge in [0.15, 0.2) is 0 Å². The summed E-state index contributed by atoms with van der Waals surface area (Å²) >= 11 is 7.01. The highest BCUT2D eigenvalue weighted by Gasteiger charge is 2.26. The van der Waals surface area contributed by atoms with Crippen LogP contribution in [-0.2, 0) is 0 Å². The van der Waals surface area contributed by atoms with Crippen molar-refractivity contribution in [3.05, 3.63) is 128 Å². The minimum atomic E-state index is -0.165. The van der Waals surface area contributed by atoms with Gasteiger partial charge in [-0.1, -0.05) is 68.3 Å². The molecule has 5 rings (SSSR count). The second-order valence-electron chi connectivity index (χ2n) is 7.29. The van der Waals surface area contributed by atoms with E-state index >= 15 is 0 Å². The third-order valence-electron chi connectivity index (χ3n) is 5.30. The molecule has 0 spiro atoms. The molecular formula is C26H16Br2N2O2. The Kier molecular flexibility index (Phi) is 5.41. The summed E-state index contributed by atoms with van der Waals surface area (Å²) in [6.45, 7) is 0. The molecule has 3 aromatic heterocycles. The van der Waals surface area contributed by atoms with Crippen LogP contribution in [0.1, 0.15) is 16.1 Å². The third-order valence-corrected chi connectivity index (χ3v) is 6.28. The molecule has 0 amide bonds. The summed E-state index contributed by atoms with van der Waals surface area (Å²) in [7, 11) is 0. The predicted molar refractivity (Wildman–Crippen MR) is 134 cm³/mol. The molecule has 0 saturated heterocycles. The molecule has 0 radical (unpaired) electrons. The van der Waals surface area contributed by atoms with Gasteiger partial charge in [0.1, 0.15) is 5.69 Å². The topological polar surface area (TPSA) is 43.5 Å². The first-order chi connectivity index (χ1) is 15.5. The van der Waals surface area contributed by atoms with Gasteiger partial charge in [0, 0.05) is 38.5 Å². The number of halogens is 2. The Bertz CT molecular complexity index is 1550. The number of hydrogen-bond donors (Lipinski definition) is 0. The minimum absolute atomic E-state index is 0.127. The molecule has 0 atom stereocenters. The number of carbonyl (C=O) groups excluding carboxylic acids is 1. The maximum Gasteiger partial charge on any atom is 0.255 e. The number of rotatable bonds is 4. The summed E-state index contributed by atoms with van der Waals surface area (Å²) in [6.07, 6.45) is 3.60. The van der Waals surface area contributed by atoms with Crippen LogP contribution in [-0.4, -0.2) is 14.8 Å².